The van der Waals surface area contributed by atoms with Crippen LogP contribution >= 0.6 is 0 Å². The monoisotopic (exact) mass is 320 g/mol. The SMILES string of the molecule is COc1ccc(CC(=O)N2CC[C@H](NC(C)=O)[C@@H](O)CC2)cc1. The molecule has 1 fully saturated rings. The van der Waals surface area contributed by atoms with Crippen molar-refractivity contribution in [1.29, 1.82) is 0 Å². The van der Waals surface area contributed by atoms with E-state index in [9.17, 15) is 14.7 Å². The average Bonchev–Trinajstić information content (AvgIpc) is 2.70. The number of hydrogen-bond donors (Lipinski definition) is 2. The zero-order valence-electron chi connectivity index (χ0n) is 13.6. The lowest BCUT2D eigenvalue weighted by Gasteiger charge is -2.21. The fraction of sp³-hybridized carbons (Fsp3) is 0.529. The molecule has 1 heterocycles. The van der Waals surface area contributed by atoms with E-state index in [-0.39, 0.29) is 17.9 Å². The molecule has 2 amide bonds. The molecule has 1 aromatic rings. The van der Waals surface area contributed by atoms with Crippen LogP contribution in [0.15, 0.2) is 24.3 Å². The lowest BCUT2D eigenvalue weighted by Crippen LogP contribution is -2.42. The van der Waals surface area contributed by atoms with Crippen LogP contribution in [-0.2, 0) is 16.0 Å². The van der Waals surface area contributed by atoms with Crippen molar-refractivity contribution in [3.05, 3.63) is 29.8 Å². The van der Waals surface area contributed by atoms with Gasteiger partial charge in [0.2, 0.25) is 11.8 Å². The Kier molecular flexibility index (Phi) is 5.98. The Bertz CT molecular complexity index is 544. The first-order valence-electron chi connectivity index (χ1n) is 7.85. The second-order valence-electron chi connectivity index (χ2n) is 5.86. The van der Waals surface area contributed by atoms with Gasteiger partial charge < -0.3 is 20.1 Å². The van der Waals surface area contributed by atoms with Gasteiger partial charge in [-0.15, -0.1) is 0 Å². The molecule has 0 saturated carbocycles. The topological polar surface area (TPSA) is 78.9 Å². The molecule has 2 rings (SSSR count). The van der Waals surface area contributed by atoms with Gasteiger partial charge in [-0.2, -0.15) is 0 Å². The Morgan fingerprint density at radius 1 is 1.26 bits per heavy atom. The van der Waals surface area contributed by atoms with E-state index in [1.807, 2.05) is 24.3 Å². The molecule has 6 nitrogen and oxygen atoms in total. The number of methoxy groups -OCH3 is 1. The maximum Gasteiger partial charge on any atom is 0.226 e. The van der Waals surface area contributed by atoms with Crippen molar-refractivity contribution >= 4 is 11.8 Å². The van der Waals surface area contributed by atoms with Crippen LogP contribution in [0.1, 0.15) is 25.3 Å². The summed E-state index contributed by atoms with van der Waals surface area (Å²) in [6.07, 6.45) is 0.747. The highest BCUT2D eigenvalue weighted by atomic mass is 16.5. The number of carbonyl (C=O) groups is 2. The number of nitrogens with zero attached hydrogens (tertiary/aromatic N) is 1. The molecular formula is C17H24N2O4. The molecule has 0 unspecified atom stereocenters. The summed E-state index contributed by atoms with van der Waals surface area (Å²) in [6, 6.07) is 7.14. The molecule has 0 spiro atoms. The largest absolute Gasteiger partial charge is 0.497 e. The summed E-state index contributed by atoms with van der Waals surface area (Å²) in [7, 11) is 1.61. The van der Waals surface area contributed by atoms with Crippen molar-refractivity contribution in [3.8, 4) is 5.75 Å². The number of amides is 2. The number of aliphatic hydroxyl groups excluding tert-OH is 1. The summed E-state index contributed by atoms with van der Waals surface area (Å²) in [4.78, 5) is 25.4. The van der Waals surface area contributed by atoms with E-state index in [1.54, 1.807) is 12.0 Å². The van der Waals surface area contributed by atoms with E-state index >= 15 is 0 Å². The van der Waals surface area contributed by atoms with E-state index in [0.717, 1.165) is 11.3 Å². The minimum Gasteiger partial charge on any atom is -0.497 e. The van der Waals surface area contributed by atoms with Gasteiger partial charge in [0.1, 0.15) is 5.75 Å². The minimum atomic E-state index is -0.613. The maximum atomic E-state index is 12.4. The van der Waals surface area contributed by atoms with E-state index in [0.29, 0.717) is 32.4 Å². The predicted octanol–water partition coefficient (Wildman–Crippen LogP) is 0.726. The van der Waals surface area contributed by atoms with Crippen molar-refractivity contribution < 1.29 is 19.4 Å². The second-order valence-corrected chi connectivity index (χ2v) is 5.86. The van der Waals surface area contributed by atoms with Gasteiger partial charge in [-0.1, -0.05) is 12.1 Å². The van der Waals surface area contributed by atoms with Crippen molar-refractivity contribution in [3.63, 3.8) is 0 Å². The van der Waals surface area contributed by atoms with E-state index in [4.69, 9.17) is 4.74 Å². The predicted molar refractivity (Wildman–Crippen MR) is 86.1 cm³/mol. The Morgan fingerprint density at radius 3 is 2.52 bits per heavy atom. The third-order valence-corrected chi connectivity index (χ3v) is 4.13. The summed E-state index contributed by atoms with van der Waals surface area (Å²) in [5, 5.41) is 12.8. The Hall–Kier alpha value is -2.08. The fourth-order valence-corrected chi connectivity index (χ4v) is 2.80. The summed E-state index contributed by atoms with van der Waals surface area (Å²) in [5.41, 5.74) is 0.930. The van der Waals surface area contributed by atoms with E-state index < -0.39 is 6.10 Å². The molecule has 6 heteroatoms. The molecule has 0 radical (unpaired) electrons. The van der Waals surface area contributed by atoms with Crippen LogP contribution < -0.4 is 10.1 Å². The summed E-state index contributed by atoms with van der Waals surface area (Å²) in [6.45, 7) is 2.48. The molecule has 1 saturated heterocycles. The number of ether oxygens (including phenoxy) is 1. The number of aliphatic hydroxyl groups is 1. The maximum absolute atomic E-state index is 12.4. The van der Waals surface area contributed by atoms with Crippen molar-refractivity contribution in [2.75, 3.05) is 20.2 Å². The first-order valence-corrected chi connectivity index (χ1v) is 7.85. The molecule has 0 aliphatic carbocycles. The standard InChI is InChI=1S/C17H24N2O4/c1-12(20)18-15-7-9-19(10-8-16(15)21)17(22)11-13-3-5-14(23-2)6-4-13/h3-6,15-16,21H,7-11H2,1-2H3,(H,18,20)/t15-,16-/m0/s1. The summed E-state index contributed by atoms with van der Waals surface area (Å²) >= 11 is 0. The normalized spacial score (nSPS) is 21.4. The van der Waals surface area contributed by atoms with Crippen LogP contribution in [0, 0.1) is 0 Å². The molecule has 2 atom stereocenters. The highest BCUT2D eigenvalue weighted by molar-refractivity contribution is 5.79. The number of carbonyl (C=O) groups excluding carboxylic acids is 2. The van der Waals surface area contributed by atoms with Gasteiger partial charge in [-0.25, -0.2) is 0 Å². The summed E-state index contributed by atoms with van der Waals surface area (Å²) in [5.74, 6) is 0.634. The van der Waals surface area contributed by atoms with Crippen LogP contribution in [0.3, 0.4) is 0 Å². The van der Waals surface area contributed by atoms with Crippen molar-refractivity contribution in [2.45, 2.75) is 38.3 Å². The van der Waals surface area contributed by atoms with Crippen LogP contribution in [0.2, 0.25) is 0 Å². The molecule has 0 bridgehead atoms. The van der Waals surface area contributed by atoms with Gasteiger partial charge >= 0.3 is 0 Å². The van der Waals surface area contributed by atoms with Gasteiger partial charge in [0, 0.05) is 20.0 Å². The van der Waals surface area contributed by atoms with E-state index in [1.165, 1.54) is 6.92 Å². The van der Waals surface area contributed by atoms with Crippen LogP contribution in [0.4, 0.5) is 0 Å². The summed E-state index contributed by atoms with van der Waals surface area (Å²) < 4.78 is 5.10. The third kappa shape index (κ3) is 4.96. The second kappa shape index (κ2) is 7.97. The van der Waals surface area contributed by atoms with Gasteiger partial charge in [-0.05, 0) is 30.5 Å². The first-order chi connectivity index (χ1) is 11.0. The number of rotatable bonds is 4. The van der Waals surface area contributed by atoms with Crippen LogP contribution in [-0.4, -0.2) is 54.2 Å². The number of hydrogen-bond acceptors (Lipinski definition) is 4. The third-order valence-electron chi connectivity index (χ3n) is 4.13. The zero-order chi connectivity index (χ0) is 16.8. The molecule has 2 N–H and O–H groups in total. The van der Waals surface area contributed by atoms with Crippen LogP contribution in [0.25, 0.3) is 0 Å². The zero-order valence-corrected chi connectivity index (χ0v) is 13.6. The smallest absolute Gasteiger partial charge is 0.226 e. The van der Waals surface area contributed by atoms with Crippen LogP contribution in [0.5, 0.6) is 5.75 Å². The van der Waals surface area contributed by atoms with Gasteiger partial charge in [0.05, 0.1) is 25.7 Å². The van der Waals surface area contributed by atoms with Gasteiger partial charge in [0.15, 0.2) is 0 Å². The molecule has 0 aromatic heterocycles. The molecule has 23 heavy (non-hydrogen) atoms. The van der Waals surface area contributed by atoms with Crippen molar-refractivity contribution in [2.24, 2.45) is 0 Å². The molecule has 126 valence electrons. The minimum absolute atomic E-state index is 0.0332. The quantitative estimate of drug-likeness (QED) is 0.857. The lowest BCUT2D eigenvalue weighted by molar-refractivity contribution is -0.130. The number of benzene rings is 1. The Balaban J connectivity index is 1.92. The highest BCUT2D eigenvalue weighted by Gasteiger charge is 2.27. The molecular weight excluding hydrogens is 296 g/mol. The number of nitrogens with one attached hydrogen (secondary N) is 1. The first kappa shape index (κ1) is 17.3. The Morgan fingerprint density at radius 2 is 1.91 bits per heavy atom. The van der Waals surface area contributed by atoms with Gasteiger partial charge in [0.25, 0.3) is 0 Å². The van der Waals surface area contributed by atoms with E-state index in [2.05, 4.69) is 5.32 Å². The average molecular weight is 320 g/mol. The molecule has 1 aliphatic heterocycles. The highest BCUT2D eigenvalue weighted by Crippen LogP contribution is 2.15. The molecule has 1 aromatic carbocycles. The van der Waals surface area contributed by atoms with Gasteiger partial charge in [-0.3, -0.25) is 9.59 Å². The lowest BCUT2D eigenvalue weighted by atomic mass is 10.1. The molecule has 1 aliphatic rings. The fourth-order valence-electron chi connectivity index (χ4n) is 2.80. The van der Waals surface area contributed by atoms with Crippen molar-refractivity contribution in [1.82, 2.24) is 10.2 Å². The number of likely N-dealkylation sites (tertiary alicyclic amines) is 1. The Labute approximate surface area is 136 Å².